The number of benzene rings is 2. The SMILES string of the molecule is C=C(c1ccc(C(=O)O)cc1)c1cc2c(cc1OCC)[Si](C)(C)CC[Si]2(C)C. The molecule has 0 unspecified atom stereocenters. The summed E-state index contributed by atoms with van der Waals surface area (Å²) in [6.45, 7) is 16.8. The van der Waals surface area contributed by atoms with Crippen LogP contribution >= 0.6 is 0 Å². The van der Waals surface area contributed by atoms with Gasteiger partial charge in [0.05, 0.1) is 28.3 Å². The van der Waals surface area contributed by atoms with Crippen LogP contribution in [0, 0.1) is 0 Å². The third-order valence-electron chi connectivity index (χ3n) is 6.06. The highest BCUT2D eigenvalue weighted by Gasteiger charge is 2.40. The van der Waals surface area contributed by atoms with Gasteiger partial charge in [0, 0.05) is 5.56 Å². The number of hydrogen-bond acceptors (Lipinski definition) is 2. The smallest absolute Gasteiger partial charge is 0.335 e. The maximum Gasteiger partial charge on any atom is 0.335 e. The van der Waals surface area contributed by atoms with E-state index in [4.69, 9.17) is 9.84 Å². The van der Waals surface area contributed by atoms with Crippen LogP contribution in [0.4, 0.5) is 0 Å². The van der Waals surface area contributed by atoms with Crippen molar-refractivity contribution in [3.8, 4) is 5.75 Å². The Balaban J connectivity index is 2.14. The number of aromatic carboxylic acids is 1. The molecule has 0 aromatic heterocycles. The van der Waals surface area contributed by atoms with Crippen molar-refractivity contribution in [2.75, 3.05) is 6.61 Å². The number of carboxylic acid groups (broad SMARTS) is 1. The fourth-order valence-electron chi connectivity index (χ4n) is 4.07. The zero-order valence-corrected chi connectivity index (χ0v) is 19.6. The average Bonchev–Trinajstić information content (AvgIpc) is 2.65. The second-order valence-electron chi connectivity index (χ2n) is 8.96. The van der Waals surface area contributed by atoms with Gasteiger partial charge >= 0.3 is 5.97 Å². The van der Waals surface area contributed by atoms with E-state index in [1.165, 1.54) is 12.1 Å². The van der Waals surface area contributed by atoms with Gasteiger partial charge in [0.2, 0.25) is 0 Å². The highest BCUT2D eigenvalue weighted by molar-refractivity contribution is 7.03. The summed E-state index contributed by atoms with van der Waals surface area (Å²) >= 11 is 0. The van der Waals surface area contributed by atoms with Crippen molar-refractivity contribution < 1.29 is 14.6 Å². The molecule has 0 spiro atoms. The first-order chi connectivity index (χ1) is 13.1. The number of rotatable bonds is 5. The van der Waals surface area contributed by atoms with Crippen LogP contribution in [0.3, 0.4) is 0 Å². The Morgan fingerprint density at radius 1 is 1.00 bits per heavy atom. The van der Waals surface area contributed by atoms with Gasteiger partial charge in [-0.25, -0.2) is 4.79 Å². The lowest BCUT2D eigenvalue weighted by Gasteiger charge is -2.40. The summed E-state index contributed by atoms with van der Waals surface area (Å²) in [7, 11) is -2.95. The first-order valence-electron chi connectivity index (χ1n) is 9.91. The lowest BCUT2D eigenvalue weighted by atomic mass is 9.97. The topological polar surface area (TPSA) is 46.5 Å². The highest BCUT2D eigenvalue weighted by Crippen LogP contribution is 2.33. The quantitative estimate of drug-likeness (QED) is 0.728. The predicted molar refractivity (Wildman–Crippen MR) is 123 cm³/mol. The molecule has 0 saturated carbocycles. The first-order valence-corrected chi connectivity index (χ1v) is 16.3. The fourth-order valence-corrected chi connectivity index (χ4v) is 14.3. The second kappa shape index (κ2) is 7.37. The van der Waals surface area contributed by atoms with Gasteiger partial charge in [0.25, 0.3) is 0 Å². The summed E-state index contributed by atoms with van der Waals surface area (Å²) in [6.07, 6.45) is 0. The van der Waals surface area contributed by atoms with E-state index in [9.17, 15) is 4.79 Å². The van der Waals surface area contributed by atoms with Crippen LogP contribution in [-0.4, -0.2) is 33.8 Å². The van der Waals surface area contributed by atoms with E-state index in [1.807, 2.05) is 19.1 Å². The molecular weight excluding hydrogens is 380 g/mol. The van der Waals surface area contributed by atoms with Crippen LogP contribution in [0.1, 0.15) is 28.4 Å². The molecule has 3 rings (SSSR count). The maximum absolute atomic E-state index is 11.2. The average molecular weight is 411 g/mol. The van der Waals surface area contributed by atoms with E-state index >= 15 is 0 Å². The highest BCUT2D eigenvalue weighted by atomic mass is 28.3. The minimum absolute atomic E-state index is 0.285. The van der Waals surface area contributed by atoms with E-state index in [0.717, 1.165) is 22.4 Å². The summed E-state index contributed by atoms with van der Waals surface area (Å²) in [5, 5.41) is 12.3. The van der Waals surface area contributed by atoms with Crippen molar-refractivity contribution in [3.63, 3.8) is 0 Å². The minimum Gasteiger partial charge on any atom is -0.493 e. The molecule has 3 nitrogen and oxygen atoms in total. The Hall–Kier alpha value is -2.12. The zero-order chi connectivity index (χ0) is 20.7. The van der Waals surface area contributed by atoms with Gasteiger partial charge in [-0.05, 0) is 36.3 Å². The van der Waals surface area contributed by atoms with Crippen LogP contribution in [-0.2, 0) is 0 Å². The molecule has 2 aromatic carbocycles. The molecule has 1 aliphatic rings. The molecule has 0 bridgehead atoms. The third kappa shape index (κ3) is 3.73. The Labute approximate surface area is 170 Å². The van der Waals surface area contributed by atoms with Crippen LogP contribution in [0.5, 0.6) is 5.75 Å². The van der Waals surface area contributed by atoms with Gasteiger partial charge in [-0.2, -0.15) is 0 Å². The van der Waals surface area contributed by atoms with Crippen molar-refractivity contribution >= 4 is 38.1 Å². The van der Waals surface area contributed by atoms with E-state index < -0.39 is 22.1 Å². The van der Waals surface area contributed by atoms with E-state index in [2.05, 4.69) is 44.9 Å². The maximum atomic E-state index is 11.2. The predicted octanol–water partition coefficient (Wildman–Crippen LogP) is 4.69. The van der Waals surface area contributed by atoms with Crippen LogP contribution in [0.25, 0.3) is 5.57 Å². The Bertz CT molecular complexity index is 928. The van der Waals surface area contributed by atoms with Gasteiger partial charge in [-0.1, -0.05) is 73.4 Å². The van der Waals surface area contributed by atoms with Gasteiger partial charge in [-0.3, -0.25) is 0 Å². The van der Waals surface area contributed by atoms with E-state index in [-0.39, 0.29) is 5.56 Å². The molecule has 1 heterocycles. The number of fused-ring (bicyclic) bond motifs is 1. The third-order valence-corrected chi connectivity index (χ3v) is 13.6. The molecule has 0 atom stereocenters. The van der Waals surface area contributed by atoms with Crippen LogP contribution < -0.4 is 15.1 Å². The summed E-state index contributed by atoms with van der Waals surface area (Å²) < 4.78 is 6.05. The Kier molecular flexibility index (Phi) is 5.43. The Morgan fingerprint density at radius 2 is 1.50 bits per heavy atom. The number of hydrogen-bond donors (Lipinski definition) is 1. The molecule has 0 radical (unpaired) electrons. The van der Waals surface area contributed by atoms with Crippen molar-refractivity contribution in [3.05, 3.63) is 59.7 Å². The lowest BCUT2D eigenvalue weighted by Crippen LogP contribution is -2.63. The summed E-state index contributed by atoms with van der Waals surface area (Å²) in [4.78, 5) is 11.2. The van der Waals surface area contributed by atoms with Gasteiger partial charge in [-0.15, -0.1) is 0 Å². The van der Waals surface area contributed by atoms with Crippen LogP contribution in [0.15, 0.2) is 43.0 Å². The van der Waals surface area contributed by atoms with Crippen molar-refractivity contribution in [1.29, 1.82) is 0 Å². The molecule has 2 aromatic rings. The first kappa shape index (κ1) is 20.6. The molecule has 0 saturated heterocycles. The zero-order valence-electron chi connectivity index (χ0n) is 17.6. The molecule has 0 fully saturated rings. The summed E-state index contributed by atoms with van der Waals surface area (Å²) in [5.74, 6) is -0.0123. The van der Waals surface area contributed by atoms with Gasteiger partial charge < -0.3 is 9.84 Å². The minimum atomic E-state index is -1.49. The molecule has 148 valence electrons. The molecule has 0 aliphatic carbocycles. The molecule has 0 amide bonds. The van der Waals surface area contributed by atoms with Crippen molar-refractivity contribution in [2.45, 2.75) is 45.2 Å². The van der Waals surface area contributed by atoms with E-state index in [1.54, 1.807) is 22.5 Å². The number of carbonyl (C=O) groups is 1. The van der Waals surface area contributed by atoms with Crippen molar-refractivity contribution in [2.24, 2.45) is 0 Å². The normalized spacial score (nSPS) is 16.9. The number of carboxylic acids is 1. The molecule has 28 heavy (non-hydrogen) atoms. The fraction of sp³-hybridized carbons (Fsp3) is 0.348. The summed E-state index contributed by atoms with van der Waals surface area (Å²) in [6, 6.07) is 14.3. The van der Waals surface area contributed by atoms with Crippen LogP contribution in [0.2, 0.25) is 38.3 Å². The molecule has 5 heteroatoms. The Morgan fingerprint density at radius 3 is 2.00 bits per heavy atom. The second-order valence-corrected chi connectivity index (χ2v) is 18.6. The standard InChI is InChI=1S/C23H30O3Si2/c1-7-26-20-15-22-21(27(3,4)12-13-28(22,5)6)14-19(20)16(2)17-8-10-18(11-9-17)23(24)25/h8-11,14-15H,2,7,12-13H2,1,3-6H3,(H,24,25). The lowest BCUT2D eigenvalue weighted by molar-refractivity contribution is 0.0697. The van der Waals surface area contributed by atoms with Gasteiger partial charge in [0.1, 0.15) is 5.75 Å². The van der Waals surface area contributed by atoms with Crippen molar-refractivity contribution in [1.82, 2.24) is 0 Å². The molecule has 1 N–H and O–H groups in total. The summed E-state index contributed by atoms with van der Waals surface area (Å²) in [5.41, 5.74) is 3.14. The monoisotopic (exact) mass is 410 g/mol. The molecular formula is C23H30O3Si2. The molecule has 1 aliphatic heterocycles. The number of ether oxygens (including phenoxy) is 1. The van der Waals surface area contributed by atoms with Gasteiger partial charge in [0.15, 0.2) is 0 Å². The largest absolute Gasteiger partial charge is 0.493 e. The van der Waals surface area contributed by atoms with E-state index in [0.29, 0.717) is 6.61 Å².